The molecule has 1 atom stereocenters. The fourth-order valence-electron chi connectivity index (χ4n) is 2.44. The molecular weight excluding hydrogens is 330 g/mol. The van der Waals surface area contributed by atoms with Crippen LogP contribution in [-0.4, -0.2) is 9.97 Å². The van der Waals surface area contributed by atoms with Crippen molar-refractivity contribution in [2.45, 2.75) is 19.4 Å². The standard InChI is InChI=1S/C16H16BrN3O/c1-9-2-4-10(5-3-9)6-13(18)11-7-14-15(8-12(11)17)20-16(21)19-14/h2-5,7-8,13H,6,18H2,1H3,(H2,19,20,21). The number of aromatic amines is 2. The molecule has 4 nitrogen and oxygen atoms in total. The van der Waals surface area contributed by atoms with Gasteiger partial charge in [-0.15, -0.1) is 0 Å². The molecule has 2 aromatic carbocycles. The molecule has 0 aliphatic heterocycles. The molecule has 0 amide bonds. The lowest BCUT2D eigenvalue weighted by Crippen LogP contribution is -2.14. The number of imidazole rings is 1. The van der Waals surface area contributed by atoms with Gasteiger partial charge in [-0.1, -0.05) is 45.8 Å². The van der Waals surface area contributed by atoms with E-state index < -0.39 is 0 Å². The minimum atomic E-state index is -0.207. The van der Waals surface area contributed by atoms with Gasteiger partial charge < -0.3 is 15.7 Å². The number of halogens is 1. The SMILES string of the molecule is Cc1ccc(CC(N)c2cc3[nH]c(=O)[nH]c3cc2Br)cc1. The van der Waals surface area contributed by atoms with Crippen molar-refractivity contribution >= 4 is 27.0 Å². The van der Waals surface area contributed by atoms with Crippen LogP contribution in [-0.2, 0) is 6.42 Å². The Labute approximate surface area is 130 Å². The van der Waals surface area contributed by atoms with Crippen molar-refractivity contribution in [1.29, 1.82) is 0 Å². The molecule has 21 heavy (non-hydrogen) atoms. The van der Waals surface area contributed by atoms with E-state index in [0.29, 0.717) is 0 Å². The predicted octanol–water partition coefficient (Wildman–Crippen LogP) is 3.17. The number of aromatic nitrogens is 2. The number of hydrogen-bond donors (Lipinski definition) is 3. The largest absolute Gasteiger partial charge is 0.324 e. The van der Waals surface area contributed by atoms with Gasteiger partial charge in [0.2, 0.25) is 0 Å². The maximum absolute atomic E-state index is 11.3. The quantitative estimate of drug-likeness (QED) is 0.681. The van der Waals surface area contributed by atoms with Crippen molar-refractivity contribution in [2.24, 2.45) is 5.73 Å². The second kappa shape index (κ2) is 5.50. The Morgan fingerprint density at radius 3 is 2.43 bits per heavy atom. The smallest absolute Gasteiger partial charge is 0.323 e. The summed E-state index contributed by atoms with van der Waals surface area (Å²) in [5.74, 6) is 0. The van der Waals surface area contributed by atoms with Gasteiger partial charge in [-0.3, -0.25) is 0 Å². The van der Waals surface area contributed by atoms with Crippen LogP contribution in [0.3, 0.4) is 0 Å². The molecular formula is C16H16BrN3O. The van der Waals surface area contributed by atoms with Crippen molar-refractivity contribution in [3.05, 3.63) is 68.0 Å². The van der Waals surface area contributed by atoms with E-state index in [-0.39, 0.29) is 11.7 Å². The number of hydrogen-bond acceptors (Lipinski definition) is 2. The van der Waals surface area contributed by atoms with Crippen LogP contribution in [0.25, 0.3) is 11.0 Å². The first-order valence-corrected chi connectivity index (χ1v) is 7.55. The maximum Gasteiger partial charge on any atom is 0.323 e. The normalized spacial score (nSPS) is 12.7. The topological polar surface area (TPSA) is 74.7 Å². The van der Waals surface area contributed by atoms with E-state index in [1.54, 1.807) is 0 Å². The number of H-pyrrole nitrogens is 2. The average Bonchev–Trinajstić information content (AvgIpc) is 2.79. The molecule has 0 aliphatic rings. The van der Waals surface area contributed by atoms with Crippen molar-refractivity contribution in [3.8, 4) is 0 Å². The van der Waals surface area contributed by atoms with Crippen molar-refractivity contribution in [3.63, 3.8) is 0 Å². The van der Waals surface area contributed by atoms with Crippen LogP contribution in [0.2, 0.25) is 0 Å². The van der Waals surface area contributed by atoms with Crippen LogP contribution in [0.5, 0.6) is 0 Å². The average molecular weight is 346 g/mol. The van der Waals surface area contributed by atoms with Gasteiger partial charge in [-0.25, -0.2) is 4.79 Å². The maximum atomic E-state index is 11.3. The van der Waals surface area contributed by atoms with Crippen LogP contribution in [0.1, 0.15) is 22.7 Å². The van der Waals surface area contributed by atoms with Crippen LogP contribution in [0.15, 0.2) is 45.7 Å². The van der Waals surface area contributed by atoms with Crippen molar-refractivity contribution in [2.75, 3.05) is 0 Å². The molecule has 3 aromatic rings. The van der Waals surface area contributed by atoms with Crippen LogP contribution < -0.4 is 11.4 Å². The Kier molecular flexibility index (Phi) is 3.69. The molecule has 1 heterocycles. The lowest BCUT2D eigenvalue weighted by Gasteiger charge is -2.14. The van der Waals surface area contributed by atoms with Crippen LogP contribution >= 0.6 is 15.9 Å². The molecule has 0 radical (unpaired) electrons. The van der Waals surface area contributed by atoms with Gasteiger partial charge in [0, 0.05) is 10.5 Å². The highest BCUT2D eigenvalue weighted by molar-refractivity contribution is 9.10. The Bertz CT molecular complexity index is 833. The summed E-state index contributed by atoms with van der Waals surface area (Å²) in [6.07, 6.45) is 0.749. The predicted molar refractivity (Wildman–Crippen MR) is 88.4 cm³/mol. The number of aryl methyl sites for hydroxylation is 1. The third-order valence-corrected chi connectivity index (χ3v) is 4.30. The van der Waals surface area contributed by atoms with E-state index in [1.165, 1.54) is 11.1 Å². The molecule has 1 unspecified atom stereocenters. The second-order valence-electron chi connectivity index (χ2n) is 5.29. The summed E-state index contributed by atoms with van der Waals surface area (Å²) >= 11 is 3.54. The van der Waals surface area contributed by atoms with Gasteiger partial charge >= 0.3 is 5.69 Å². The molecule has 5 heteroatoms. The van der Waals surface area contributed by atoms with E-state index in [4.69, 9.17) is 5.73 Å². The zero-order valence-electron chi connectivity index (χ0n) is 11.6. The molecule has 0 saturated heterocycles. The summed E-state index contributed by atoms with van der Waals surface area (Å²) in [7, 11) is 0. The fraction of sp³-hybridized carbons (Fsp3) is 0.188. The van der Waals surface area contributed by atoms with E-state index in [0.717, 1.165) is 27.5 Å². The first-order chi connectivity index (χ1) is 10.0. The highest BCUT2D eigenvalue weighted by Gasteiger charge is 2.13. The molecule has 0 aliphatic carbocycles. The Hall–Kier alpha value is -1.85. The third kappa shape index (κ3) is 2.94. The van der Waals surface area contributed by atoms with Gasteiger partial charge in [0.05, 0.1) is 11.0 Å². The molecule has 108 valence electrons. The first-order valence-electron chi connectivity index (χ1n) is 6.75. The number of rotatable bonds is 3. The monoisotopic (exact) mass is 345 g/mol. The molecule has 0 spiro atoms. The molecule has 1 aromatic heterocycles. The zero-order valence-corrected chi connectivity index (χ0v) is 13.2. The fourth-order valence-corrected chi connectivity index (χ4v) is 3.08. The second-order valence-corrected chi connectivity index (χ2v) is 6.15. The van der Waals surface area contributed by atoms with Crippen molar-refractivity contribution in [1.82, 2.24) is 9.97 Å². The number of nitrogens with one attached hydrogen (secondary N) is 2. The van der Waals surface area contributed by atoms with Crippen molar-refractivity contribution < 1.29 is 0 Å². The van der Waals surface area contributed by atoms with E-state index in [2.05, 4.69) is 57.1 Å². The lowest BCUT2D eigenvalue weighted by molar-refractivity contribution is 0.719. The summed E-state index contributed by atoms with van der Waals surface area (Å²) < 4.78 is 0.907. The molecule has 0 bridgehead atoms. The minimum absolute atomic E-state index is 0.134. The molecule has 0 saturated carbocycles. The lowest BCUT2D eigenvalue weighted by atomic mass is 9.99. The van der Waals surface area contributed by atoms with E-state index in [9.17, 15) is 4.79 Å². The Morgan fingerprint density at radius 1 is 1.14 bits per heavy atom. The highest BCUT2D eigenvalue weighted by Crippen LogP contribution is 2.28. The van der Waals surface area contributed by atoms with Gasteiger partial charge in [-0.05, 0) is 36.6 Å². The molecule has 0 fully saturated rings. The van der Waals surface area contributed by atoms with Crippen LogP contribution in [0, 0.1) is 6.92 Å². The van der Waals surface area contributed by atoms with Gasteiger partial charge in [0.25, 0.3) is 0 Å². The van der Waals surface area contributed by atoms with Gasteiger partial charge in [0.15, 0.2) is 0 Å². The third-order valence-electron chi connectivity index (χ3n) is 3.61. The van der Waals surface area contributed by atoms with Gasteiger partial charge in [0.1, 0.15) is 0 Å². The summed E-state index contributed by atoms with van der Waals surface area (Å²) in [4.78, 5) is 16.9. The Balaban J connectivity index is 1.93. The number of nitrogens with two attached hydrogens (primary N) is 1. The summed E-state index contributed by atoms with van der Waals surface area (Å²) in [5, 5.41) is 0. The number of fused-ring (bicyclic) bond motifs is 1. The first kappa shape index (κ1) is 14.1. The molecule has 3 rings (SSSR count). The van der Waals surface area contributed by atoms with Crippen LogP contribution in [0.4, 0.5) is 0 Å². The van der Waals surface area contributed by atoms with E-state index >= 15 is 0 Å². The highest BCUT2D eigenvalue weighted by atomic mass is 79.9. The van der Waals surface area contributed by atoms with E-state index in [1.807, 2.05) is 12.1 Å². The zero-order chi connectivity index (χ0) is 15.0. The summed E-state index contributed by atoms with van der Waals surface area (Å²) in [6.45, 7) is 2.07. The van der Waals surface area contributed by atoms with Gasteiger partial charge in [-0.2, -0.15) is 0 Å². The summed E-state index contributed by atoms with van der Waals surface area (Å²) in [6, 6.07) is 12.0. The minimum Gasteiger partial charge on any atom is -0.324 e. The Morgan fingerprint density at radius 2 is 1.76 bits per heavy atom. The molecule has 4 N–H and O–H groups in total. The summed E-state index contributed by atoms with van der Waals surface area (Å²) in [5.41, 5.74) is 11.1. The number of benzene rings is 2.